The van der Waals surface area contributed by atoms with E-state index in [1.165, 1.54) is 0 Å². The van der Waals surface area contributed by atoms with Crippen LogP contribution in [0, 0.1) is 9.39 Å². The molecule has 0 saturated carbocycles. The van der Waals surface area contributed by atoms with Crippen LogP contribution in [-0.2, 0) is 0 Å². The fourth-order valence-corrected chi connectivity index (χ4v) is 5.24. The van der Waals surface area contributed by atoms with E-state index in [4.69, 9.17) is 0 Å². The summed E-state index contributed by atoms with van der Waals surface area (Å²) in [6, 6.07) is 6.47. The van der Waals surface area contributed by atoms with Crippen molar-refractivity contribution in [1.82, 2.24) is 4.48 Å². The minimum absolute atomic E-state index is 0.235. The molecule has 0 spiro atoms. The Morgan fingerprint density at radius 3 is 2.48 bits per heavy atom. The molecule has 10 heteroatoms. The number of benzene rings is 1. The molecule has 1 aromatic carbocycles. The molecule has 128 valence electrons. The van der Waals surface area contributed by atoms with Gasteiger partial charge in [-0.15, -0.1) is 0 Å². The first-order valence-electron chi connectivity index (χ1n) is 7.02. The highest BCUT2D eigenvalue weighted by Gasteiger charge is 2.54. The standard InChI is InChI=1S/C15H6BBr3F3IN2/c17-7-1-2-8(23)15(20)13(7)14-9-3-5-11(18)24(9)16(21,22)25-10(14)4-6-12(25)19/h1-6H. The van der Waals surface area contributed by atoms with Gasteiger partial charge in [0.2, 0.25) is 4.62 Å². The van der Waals surface area contributed by atoms with Gasteiger partial charge in [0.05, 0.1) is 10.2 Å². The van der Waals surface area contributed by atoms with E-state index >= 15 is 8.63 Å². The van der Waals surface area contributed by atoms with E-state index in [-0.39, 0.29) is 26.2 Å². The van der Waals surface area contributed by atoms with Crippen molar-refractivity contribution in [2.24, 2.45) is 0 Å². The first-order valence-corrected chi connectivity index (χ1v) is 10.5. The second-order valence-corrected chi connectivity index (χ2v) is 9.15. The minimum Gasteiger partial charge on any atom is -0.389 e. The highest BCUT2D eigenvalue weighted by molar-refractivity contribution is 14.1. The quantitative estimate of drug-likeness (QED) is 0.200. The van der Waals surface area contributed by atoms with E-state index in [9.17, 15) is 4.39 Å². The Balaban J connectivity index is 2.18. The molecule has 0 unspecified atom stereocenters. The fraction of sp³-hybridized carbons (Fsp3) is 0. The zero-order valence-corrected chi connectivity index (χ0v) is 19.0. The SMILES string of the molecule is Fc1c(I)ccc(Br)c1C1=C2C=CC(Br)=[N+]2[B-](F)(F)n2c(Br)ccc21. The van der Waals surface area contributed by atoms with Gasteiger partial charge in [0.15, 0.2) is 5.70 Å². The molecule has 4 rings (SSSR count). The number of nitrogens with zero attached hydrogens (tertiary/aromatic N) is 2. The molecule has 2 aromatic rings. The van der Waals surface area contributed by atoms with E-state index in [2.05, 4.69) is 47.8 Å². The molecular weight excluding hydrogens is 643 g/mol. The smallest absolute Gasteiger partial charge is 0.389 e. The molecule has 1 aromatic heterocycles. The first-order chi connectivity index (χ1) is 11.7. The molecule has 0 aliphatic carbocycles. The number of fused-ring (bicyclic) bond motifs is 2. The Morgan fingerprint density at radius 1 is 1.04 bits per heavy atom. The van der Waals surface area contributed by atoms with Crippen LogP contribution in [0.1, 0.15) is 11.3 Å². The van der Waals surface area contributed by atoms with Crippen molar-refractivity contribution < 1.29 is 17.5 Å². The molecule has 2 nitrogen and oxygen atoms in total. The predicted octanol–water partition coefficient (Wildman–Crippen LogP) is 6.13. The van der Waals surface area contributed by atoms with Gasteiger partial charge in [-0.3, -0.25) is 0 Å². The van der Waals surface area contributed by atoms with Crippen LogP contribution in [-0.4, -0.2) is 20.6 Å². The zero-order chi connectivity index (χ0) is 18.1. The third-order valence-corrected chi connectivity index (χ3v) is 6.95. The lowest BCUT2D eigenvalue weighted by molar-refractivity contribution is -0.358. The molecule has 0 fully saturated rings. The van der Waals surface area contributed by atoms with Crippen molar-refractivity contribution in [2.45, 2.75) is 0 Å². The van der Waals surface area contributed by atoms with E-state index in [0.29, 0.717) is 13.6 Å². The van der Waals surface area contributed by atoms with Gasteiger partial charge in [0, 0.05) is 47.4 Å². The number of hydrogen-bond donors (Lipinski definition) is 0. The van der Waals surface area contributed by atoms with Crippen LogP contribution in [0.5, 0.6) is 0 Å². The first kappa shape index (κ1) is 18.1. The van der Waals surface area contributed by atoms with Crippen molar-refractivity contribution in [3.8, 4) is 0 Å². The summed E-state index contributed by atoms with van der Waals surface area (Å²) in [4.78, 5) is 0. The number of aromatic nitrogens is 1. The average Bonchev–Trinajstić information content (AvgIpc) is 3.11. The second kappa shape index (κ2) is 6.10. The third-order valence-electron chi connectivity index (χ3n) is 4.16. The second-order valence-electron chi connectivity index (χ2n) is 5.50. The molecule has 25 heavy (non-hydrogen) atoms. The minimum atomic E-state index is -4.12. The van der Waals surface area contributed by atoms with Crippen LogP contribution in [0.4, 0.5) is 13.0 Å². The largest absolute Gasteiger partial charge is 0.738 e. The number of halogens is 7. The molecule has 0 bridgehead atoms. The predicted molar refractivity (Wildman–Crippen MR) is 112 cm³/mol. The number of hydrogen-bond acceptors (Lipinski definition) is 0. The highest BCUT2D eigenvalue weighted by atomic mass is 127. The van der Waals surface area contributed by atoms with Gasteiger partial charge in [-0.2, -0.15) is 0 Å². The normalized spacial score (nSPS) is 18.0. The van der Waals surface area contributed by atoms with Gasteiger partial charge in [-0.1, -0.05) is 15.9 Å². The van der Waals surface area contributed by atoms with E-state index in [0.717, 1.165) is 8.96 Å². The number of rotatable bonds is 1. The lowest BCUT2D eigenvalue weighted by Gasteiger charge is -2.32. The van der Waals surface area contributed by atoms with E-state index < -0.39 is 12.8 Å². The van der Waals surface area contributed by atoms with Crippen molar-refractivity contribution in [1.29, 1.82) is 0 Å². The molecule has 0 N–H and O–H groups in total. The summed E-state index contributed by atoms with van der Waals surface area (Å²) in [6.07, 6.45) is 3.12. The van der Waals surface area contributed by atoms with Crippen molar-refractivity contribution in [3.63, 3.8) is 0 Å². The maximum absolute atomic E-state index is 15.2. The topological polar surface area (TPSA) is 7.94 Å². The summed E-state index contributed by atoms with van der Waals surface area (Å²) in [5.74, 6) is -0.449. The highest BCUT2D eigenvalue weighted by Crippen LogP contribution is 2.44. The van der Waals surface area contributed by atoms with Crippen LogP contribution in [0.25, 0.3) is 5.57 Å². The van der Waals surface area contributed by atoms with Crippen LogP contribution < -0.4 is 0 Å². The Bertz CT molecular complexity index is 1040. The van der Waals surface area contributed by atoms with Crippen molar-refractivity contribution in [2.75, 3.05) is 0 Å². The maximum atomic E-state index is 15.2. The van der Waals surface area contributed by atoms with Gasteiger partial charge in [0.25, 0.3) is 0 Å². The van der Waals surface area contributed by atoms with Gasteiger partial charge in [-0.05, 0) is 62.8 Å². The molecule has 0 radical (unpaired) electrons. The van der Waals surface area contributed by atoms with Crippen molar-refractivity contribution >= 4 is 87.5 Å². The lowest BCUT2D eigenvalue weighted by atomic mass is 9.86. The van der Waals surface area contributed by atoms with Crippen LogP contribution in [0.3, 0.4) is 0 Å². The molecule has 2 aliphatic heterocycles. The average molecular weight is 649 g/mol. The van der Waals surface area contributed by atoms with Crippen LogP contribution in [0.2, 0.25) is 0 Å². The summed E-state index contributed by atoms with van der Waals surface area (Å²) in [5, 5.41) is 0. The Kier molecular flexibility index (Phi) is 4.41. The summed E-state index contributed by atoms with van der Waals surface area (Å²) >= 11 is 11.7. The molecule has 0 atom stereocenters. The summed E-state index contributed by atoms with van der Waals surface area (Å²) in [7, 11) is 0. The van der Waals surface area contributed by atoms with Gasteiger partial charge < -0.3 is 17.6 Å². The summed E-state index contributed by atoms with van der Waals surface area (Å²) in [6.45, 7) is -4.12. The molecule has 0 saturated heterocycles. The molecule has 0 amide bonds. The van der Waals surface area contributed by atoms with E-state index in [1.807, 2.05) is 22.6 Å². The maximum Gasteiger partial charge on any atom is 0.738 e. The number of allylic oxidation sites excluding steroid dienone is 2. The third kappa shape index (κ3) is 2.50. The van der Waals surface area contributed by atoms with Crippen LogP contribution in [0.15, 0.2) is 51.2 Å². The summed E-state index contributed by atoms with van der Waals surface area (Å²) < 4.78 is 48.5. The van der Waals surface area contributed by atoms with Crippen molar-refractivity contribution in [3.05, 3.63) is 71.8 Å². The zero-order valence-electron chi connectivity index (χ0n) is 12.1. The Morgan fingerprint density at radius 2 is 1.76 bits per heavy atom. The fourth-order valence-electron chi connectivity index (χ4n) is 3.14. The van der Waals surface area contributed by atoms with Crippen LogP contribution >= 0.6 is 70.4 Å². The Labute approximate surface area is 180 Å². The van der Waals surface area contributed by atoms with Gasteiger partial charge >= 0.3 is 6.97 Å². The molecule has 2 aliphatic rings. The Hall–Kier alpha value is -0.325. The van der Waals surface area contributed by atoms with Gasteiger partial charge in [0.1, 0.15) is 5.82 Å². The lowest BCUT2D eigenvalue weighted by Crippen LogP contribution is -2.50. The monoisotopic (exact) mass is 646 g/mol. The molecular formula is C15H6BBr3F3IN2. The summed E-state index contributed by atoms with van der Waals surface area (Å²) in [5.41, 5.74) is 1.19. The van der Waals surface area contributed by atoms with Gasteiger partial charge in [-0.25, -0.2) is 4.39 Å². The molecule has 3 heterocycles. The van der Waals surface area contributed by atoms with E-state index in [1.54, 1.807) is 36.4 Å².